The molecule has 0 saturated carbocycles. The average molecular weight is 498 g/mol. The first-order valence-corrected chi connectivity index (χ1v) is 12.2. The molecule has 8 nitrogen and oxygen atoms in total. The Balaban J connectivity index is 1.29. The van der Waals surface area contributed by atoms with Crippen LogP contribution in [0.5, 0.6) is 5.75 Å². The Morgan fingerprint density at radius 3 is 2.36 bits per heavy atom. The van der Waals surface area contributed by atoms with Crippen molar-refractivity contribution in [3.63, 3.8) is 0 Å². The maximum atomic E-state index is 15.9. The van der Waals surface area contributed by atoms with Gasteiger partial charge in [0.1, 0.15) is 11.8 Å². The number of benzene rings is 2. The Morgan fingerprint density at radius 1 is 1.11 bits per heavy atom. The fourth-order valence-electron chi connectivity index (χ4n) is 4.91. The van der Waals surface area contributed by atoms with E-state index in [-0.39, 0.29) is 12.3 Å². The molecule has 2 aromatic rings. The number of ether oxygens (including phenoxy) is 1. The fraction of sp³-hybridized carbons (Fsp3) is 0.444. The predicted molar refractivity (Wildman–Crippen MR) is 131 cm³/mol. The van der Waals surface area contributed by atoms with Gasteiger partial charge in [-0.2, -0.15) is 0 Å². The average Bonchev–Trinajstić information content (AvgIpc) is 3.15. The number of aliphatic carboxylic acids is 1. The van der Waals surface area contributed by atoms with Crippen molar-refractivity contribution in [1.82, 2.24) is 9.80 Å². The minimum absolute atomic E-state index is 0.175. The molecule has 9 heteroatoms. The summed E-state index contributed by atoms with van der Waals surface area (Å²) in [6.45, 7) is 3.79. The molecular formula is C27H32FN3O5. The summed E-state index contributed by atoms with van der Waals surface area (Å²) in [6.07, 6.45) is 1.18. The number of carboxylic acid groups (broad SMARTS) is 1. The zero-order valence-electron chi connectivity index (χ0n) is 20.4. The van der Waals surface area contributed by atoms with E-state index < -0.39 is 36.1 Å². The van der Waals surface area contributed by atoms with Crippen LogP contribution in [0.3, 0.4) is 0 Å². The van der Waals surface area contributed by atoms with Crippen molar-refractivity contribution in [3.05, 3.63) is 65.2 Å². The summed E-state index contributed by atoms with van der Waals surface area (Å²) < 4.78 is 21.1. The molecule has 0 aromatic heterocycles. The van der Waals surface area contributed by atoms with E-state index in [0.717, 1.165) is 16.7 Å². The number of nitrogens with zero attached hydrogens (tertiary/aromatic N) is 2. The van der Waals surface area contributed by atoms with Crippen LogP contribution in [0.25, 0.3) is 0 Å². The second-order valence-electron chi connectivity index (χ2n) is 9.67. The third kappa shape index (κ3) is 5.74. The topological polar surface area (TPSA) is 113 Å². The van der Waals surface area contributed by atoms with Crippen LogP contribution in [-0.2, 0) is 20.9 Å². The second kappa shape index (κ2) is 10.8. The van der Waals surface area contributed by atoms with Gasteiger partial charge in [0.25, 0.3) is 5.91 Å². The van der Waals surface area contributed by atoms with Crippen molar-refractivity contribution in [2.75, 3.05) is 19.6 Å². The molecule has 2 aliphatic rings. The van der Waals surface area contributed by atoms with Gasteiger partial charge in [-0.25, -0.2) is 4.39 Å². The molecule has 3 N–H and O–H groups in total. The Bertz CT molecular complexity index is 1100. The molecule has 1 amide bonds. The third-order valence-corrected chi connectivity index (χ3v) is 7.11. The predicted octanol–water partition coefficient (Wildman–Crippen LogP) is 2.98. The number of halogens is 1. The molecule has 0 unspecified atom stereocenters. The molecule has 0 spiro atoms. The maximum absolute atomic E-state index is 15.9. The highest BCUT2D eigenvalue weighted by Gasteiger charge is 2.52. The lowest BCUT2D eigenvalue weighted by molar-refractivity contribution is -0.151. The number of hydrogen-bond acceptors (Lipinski definition) is 6. The van der Waals surface area contributed by atoms with Crippen LogP contribution in [0.2, 0.25) is 0 Å². The van der Waals surface area contributed by atoms with Crippen LogP contribution in [-0.4, -0.2) is 64.2 Å². The molecule has 2 aromatic carbocycles. The lowest BCUT2D eigenvalue weighted by atomic mass is 9.88. The van der Waals surface area contributed by atoms with Crippen molar-refractivity contribution in [2.45, 2.75) is 56.9 Å². The Labute approximate surface area is 209 Å². The second-order valence-corrected chi connectivity index (χ2v) is 9.67. The van der Waals surface area contributed by atoms with Gasteiger partial charge in [0.05, 0.1) is 6.42 Å². The first-order chi connectivity index (χ1) is 17.2. The van der Waals surface area contributed by atoms with E-state index >= 15 is 4.39 Å². The van der Waals surface area contributed by atoms with Gasteiger partial charge in [0, 0.05) is 32.6 Å². The van der Waals surface area contributed by atoms with Crippen LogP contribution in [0.4, 0.5) is 4.39 Å². The summed E-state index contributed by atoms with van der Waals surface area (Å²) in [6, 6.07) is 13.7. The number of carbonyl (C=O) groups is 3. The van der Waals surface area contributed by atoms with Gasteiger partial charge in [-0.1, -0.05) is 42.0 Å². The summed E-state index contributed by atoms with van der Waals surface area (Å²) in [7, 11) is 0. The van der Waals surface area contributed by atoms with E-state index in [9.17, 15) is 14.4 Å². The van der Waals surface area contributed by atoms with Gasteiger partial charge in [0.2, 0.25) is 5.79 Å². The van der Waals surface area contributed by atoms with Crippen LogP contribution >= 0.6 is 0 Å². The number of esters is 1. The van der Waals surface area contributed by atoms with Gasteiger partial charge in [-0.05, 0) is 48.9 Å². The number of rotatable bonds is 8. The van der Waals surface area contributed by atoms with Gasteiger partial charge in [0.15, 0.2) is 0 Å². The fourth-order valence-corrected chi connectivity index (χ4v) is 4.91. The molecule has 2 saturated heterocycles. The first kappa shape index (κ1) is 25.8. The van der Waals surface area contributed by atoms with Crippen LogP contribution < -0.4 is 10.5 Å². The van der Waals surface area contributed by atoms with Crippen molar-refractivity contribution in [2.24, 2.45) is 5.73 Å². The summed E-state index contributed by atoms with van der Waals surface area (Å²) in [5, 5.41) is 8.80. The molecule has 0 radical (unpaired) electrons. The van der Waals surface area contributed by atoms with E-state index in [2.05, 4.69) is 0 Å². The van der Waals surface area contributed by atoms with Gasteiger partial charge >= 0.3 is 11.9 Å². The van der Waals surface area contributed by atoms with Crippen molar-refractivity contribution in [1.29, 1.82) is 0 Å². The third-order valence-electron chi connectivity index (χ3n) is 7.11. The molecule has 0 bridgehead atoms. The van der Waals surface area contributed by atoms with Gasteiger partial charge in [-0.3, -0.25) is 19.3 Å². The number of carbonyl (C=O) groups excluding carboxylic acids is 2. The number of carboxylic acids is 1. The summed E-state index contributed by atoms with van der Waals surface area (Å²) in [5.74, 6) is -3.86. The van der Waals surface area contributed by atoms with Gasteiger partial charge < -0.3 is 20.5 Å². The summed E-state index contributed by atoms with van der Waals surface area (Å²) in [4.78, 5) is 38.9. The number of alkyl halides is 1. The number of amides is 1. The molecule has 192 valence electrons. The molecule has 2 fully saturated rings. The Morgan fingerprint density at radius 2 is 1.75 bits per heavy atom. The summed E-state index contributed by atoms with van der Waals surface area (Å²) in [5.41, 5.74) is 8.54. The van der Waals surface area contributed by atoms with Crippen molar-refractivity contribution < 1.29 is 28.6 Å². The standard InChI is InChI=1S/C27H32FN3O5/c1-18-2-4-19(5-3-18)17-30-15-12-27(28,26(30)35)31-13-10-21(11-14-31)20-6-8-22(9-7-20)36-24(32)16-23(29)25(33)34/h2-9,21,23H,10-17,29H2,1H3,(H,33,34)/t23-,27+/m0/s1. The normalized spacial score (nSPS) is 22.0. The molecule has 2 atom stereocenters. The molecular weight excluding hydrogens is 465 g/mol. The summed E-state index contributed by atoms with van der Waals surface area (Å²) >= 11 is 0. The minimum atomic E-state index is -1.95. The highest BCUT2D eigenvalue weighted by molar-refractivity contribution is 5.87. The number of aryl methyl sites for hydroxylation is 1. The van der Waals surface area contributed by atoms with E-state index in [4.69, 9.17) is 15.6 Å². The zero-order chi connectivity index (χ0) is 25.9. The molecule has 2 aliphatic heterocycles. The van der Waals surface area contributed by atoms with E-state index in [1.165, 1.54) is 0 Å². The monoisotopic (exact) mass is 497 g/mol. The smallest absolute Gasteiger partial charge is 0.321 e. The number of likely N-dealkylation sites (tertiary alicyclic amines) is 2. The van der Waals surface area contributed by atoms with Crippen molar-refractivity contribution in [3.8, 4) is 5.75 Å². The van der Waals surface area contributed by atoms with Crippen LogP contribution in [0.1, 0.15) is 48.3 Å². The van der Waals surface area contributed by atoms with Crippen LogP contribution in [0.15, 0.2) is 48.5 Å². The molecule has 0 aliphatic carbocycles. The van der Waals surface area contributed by atoms with Gasteiger partial charge in [-0.15, -0.1) is 0 Å². The maximum Gasteiger partial charge on any atom is 0.321 e. The number of nitrogens with two attached hydrogens (primary N) is 1. The zero-order valence-corrected chi connectivity index (χ0v) is 20.4. The highest BCUT2D eigenvalue weighted by atomic mass is 19.1. The highest BCUT2D eigenvalue weighted by Crippen LogP contribution is 2.37. The number of piperidine rings is 1. The van der Waals surface area contributed by atoms with Crippen LogP contribution in [0, 0.1) is 6.92 Å². The van der Waals surface area contributed by atoms with Crippen molar-refractivity contribution >= 4 is 17.8 Å². The Kier molecular flexibility index (Phi) is 7.70. The first-order valence-electron chi connectivity index (χ1n) is 12.2. The lowest BCUT2D eigenvalue weighted by Gasteiger charge is -2.38. The number of hydrogen-bond donors (Lipinski definition) is 2. The Hall–Kier alpha value is -3.30. The van der Waals surface area contributed by atoms with E-state index in [1.54, 1.807) is 21.9 Å². The quantitative estimate of drug-likeness (QED) is 0.328. The molecule has 2 heterocycles. The molecule has 4 rings (SSSR count). The largest absolute Gasteiger partial charge is 0.480 e. The molecule has 36 heavy (non-hydrogen) atoms. The minimum Gasteiger partial charge on any atom is -0.480 e. The SMILES string of the molecule is Cc1ccc(CN2CC[C@@](F)(N3CCC(c4ccc(OC(=O)C[C@H](N)C(=O)O)cc4)CC3)C2=O)cc1. The lowest BCUT2D eigenvalue weighted by Crippen LogP contribution is -2.53. The van der Waals surface area contributed by atoms with E-state index in [1.807, 2.05) is 43.3 Å². The van der Waals surface area contributed by atoms with E-state index in [0.29, 0.717) is 44.8 Å².